The van der Waals surface area contributed by atoms with Crippen LogP contribution in [0.4, 0.5) is 29.5 Å². The molecule has 0 saturated heterocycles. The van der Waals surface area contributed by atoms with Gasteiger partial charge in [0.25, 0.3) is 5.35 Å². The number of oxime groups is 1. The summed E-state index contributed by atoms with van der Waals surface area (Å²) < 4.78 is 16.3. The third kappa shape index (κ3) is 13.9. The summed E-state index contributed by atoms with van der Waals surface area (Å²) in [6.07, 6.45) is 13.0. The third-order valence-corrected chi connectivity index (χ3v) is 8.85. The molecule has 9 rings (SSSR count). The van der Waals surface area contributed by atoms with Crippen molar-refractivity contribution in [2.45, 2.75) is 0 Å². The monoisotopic (exact) mass is 960 g/mol. The van der Waals surface area contributed by atoms with Crippen LogP contribution in [0.5, 0.6) is 0 Å². The standard InChI is InChI=1S/C14H11ClN6O2.C14H8ClN5O.C9H5Cl2NO.C5H4N4/c15-9-3-1-8(2-4-9)11-6-19-14(23-11)20-12-7-17-10(5-18-12)13(16)21-22;15-10-3-1-9(2-4-10)12-7-19-14(21-12)20-13-8-17-11(5-16)6-18-13;10-7-3-1-6(2-4-7)8-5-12-9(11)13-8;6-1-4-2-9-5(7)3-8-4/h1-7,22H,(H2,16,21)(H,18,19,20);1-4,6-8H,(H,18,19,20);1-5H;2-3H,(H2,7,9). The molecular weight excluding hydrogens is 934 g/mol. The molecule has 0 fully saturated rings. The van der Waals surface area contributed by atoms with E-state index in [1.54, 1.807) is 55.0 Å². The molecule has 0 unspecified atom stereocenters. The van der Waals surface area contributed by atoms with Gasteiger partial charge >= 0.3 is 12.0 Å². The fraction of sp³-hybridized carbons (Fsp3) is 0. The number of nitrogens with zero attached hydrogens (tertiary/aromatic N) is 12. The van der Waals surface area contributed by atoms with Gasteiger partial charge in [-0.25, -0.2) is 44.9 Å². The van der Waals surface area contributed by atoms with Crippen LogP contribution in [0, 0.1) is 22.7 Å². The van der Waals surface area contributed by atoms with Gasteiger partial charge in [-0.15, -0.1) is 0 Å². The Morgan fingerprint density at radius 1 is 0.515 bits per heavy atom. The zero-order valence-electron chi connectivity index (χ0n) is 33.3. The van der Waals surface area contributed by atoms with Crippen LogP contribution in [-0.4, -0.2) is 55.9 Å². The Bertz CT molecular complexity index is 3060. The highest BCUT2D eigenvalue weighted by molar-refractivity contribution is 6.31. The number of oxazole rings is 3. The summed E-state index contributed by atoms with van der Waals surface area (Å²) in [5.74, 6) is 2.89. The molecule has 9 aromatic rings. The number of nitrogens with one attached hydrogen (secondary N) is 2. The molecule has 0 saturated carbocycles. The summed E-state index contributed by atoms with van der Waals surface area (Å²) in [6.45, 7) is 0. The van der Waals surface area contributed by atoms with Gasteiger partial charge in [0.1, 0.15) is 23.7 Å². The maximum Gasteiger partial charge on any atom is 0.300 e. The summed E-state index contributed by atoms with van der Waals surface area (Å²) in [4.78, 5) is 35.3. The van der Waals surface area contributed by atoms with Gasteiger partial charge in [0.15, 0.2) is 46.1 Å². The number of amidine groups is 1. The number of nitrogens with two attached hydrogens (primary N) is 2. The van der Waals surface area contributed by atoms with Crippen LogP contribution >= 0.6 is 46.4 Å². The van der Waals surface area contributed by atoms with E-state index in [1.165, 1.54) is 37.2 Å². The van der Waals surface area contributed by atoms with Gasteiger partial charge in [-0.2, -0.15) is 10.5 Å². The molecular formula is C42H28Cl4N16O4. The van der Waals surface area contributed by atoms with Crippen LogP contribution < -0.4 is 22.1 Å². The Labute approximate surface area is 393 Å². The lowest BCUT2D eigenvalue weighted by Crippen LogP contribution is -2.15. The number of rotatable bonds is 8. The molecule has 6 aromatic heterocycles. The molecule has 0 bridgehead atoms. The van der Waals surface area contributed by atoms with Crippen molar-refractivity contribution in [3.8, 4) is 46.1 Å². The summed E-state index contributed by atoms with van der Waals surface area (Å²) >= 11 is 23.0. The van der Waals surface area contributed by atoms with Crippen LogP contribution in [0.2, 0.25) is 20.4 Å². The van der Waals surface area contributed by atoms with E-state index in [2.05, 4.69) is 60.6 Å². The number of aromatic nitrogens is 9. The Kier molecular flexibility index (Phi) is 16.4. The van der Waals surface area contributed by atoms with Gasteiger partial charge in [-0.3, -0.25) is 10.6 Å². The van der Waals surface area contributed by atoms with Crippen molar-refractivity contribution >= 4 is 81.7 Å². The van der Waals surface area contributed by atoms with Crippen molar-refractivity contribution in [2.24, 2.45) is 10.9 Å². The molecule has 20 nitrogen and oxygen atoms in total. The highest BCUT2D eigenvalue weighted by Gasteiger charge is 2.10. The lowest BCUT2D eigenvalue weighted by molar-refractivity contribution is 0.318. The van der Waals surface area contributed by atoms with Gasteiger partial charge < -0.3 is 29.9 Å². The van der Waals surface area contributed by atoms with Gasteiger partial charge in [-0.1, -0.05) is 40.0 Å². The second-order valence-electron chi connectivity index (χ2n) is 12.4. The number of anilines is 5. The number of nitrogen functional groups attached to an aromatic ring is 1. The number of benzene rings is 3. The normalized spacial score (nSPS) is 10.4. The molecule has 7 N–H and O–H groups in total. The van der Waals surface area contributed by atoms with Crippen molar-refractivity contribution in [3.05, 3.63) is 166 Å². The molecule has 0 aliphatic rings. The first-order chi connectivity index (χ1) is 32.0. The highest BCUT2D eigenvalue weighted by atomic mass is 35.5. The number of halogens is 4. The quantitative estimate of drug-likeness (QED) is 0.0409. The Morgan fingerprint density at radius 2 is 0.939 bits per heavy atom. The van der Waals surface area contributed by atoms with E-state index in [1.807, 2.05) is 48.5 Å². The molecule has 0 amide bonds. The maximum atomic E-state index is 8.65. The average Bonchev–Trinajstić information content (AvgIpc) is 4.13. The molecule has 0 atom stereocenters. The summed E-state index contributed by atoms with van der Waals surface area (Å²) in [6, 6.07) is 26.0. The second-order valence-corrected chi connectivity index (χ2v) is 14.0. The molecule has 328 valence electrons. The molecule has 3 aromatic carbocycles. The topological polar surface area (TPSA) is 312 Å². The Morgan fingerprint density at radius 3 is 1.30 bits per heavy atom. The van der Waals surface area contributed by atoms with Crippen LogP contribution in [0.15, 0.2) is 147 Å². The maximum absolute atomic E-state index is 8.65. The van der Waals surface area contributed by atoms with E-state index in [4.69, 9.17) is 86.9 Å². The van der Waals surface area contributed by atoms with Crippen molar-refractivity contribution in [2.75, 3.05) is 16.4 Å². The minimum atomic E-state index is -0.120. The molecule has 24 heteroatoms. The van der Waals surface area contributed by atoms with Crippen molar-refractivity contribution in [1.82, 2.24) is 44.9 Å². The van der Waals surface area contributed by atoms with Crippen LogP contribution in [0.1, 0.15) is 17.1 Å². The second kappa shape index (κ2) is 23.1. The first-order valence-corrected chi connectivity index (χ1v) is 19.8. The number of hydrogen-bond acceptors (Lipinski definition) is 19. The predicted molar refractivity (Wildman–Crippen MR) is 245 cm³/mol. The molecule has 0 aliphatic carbocycles. The molecule has 6 heterocycles. The lowest BCUT2D eigenvalue weighted by atomic mass is 10.2. The molecule has 66 heavy (non-hydrogen) atoms. The van der Waals surface area contributed by atoms with Crippen molar-refractivity contribution in [1.29, 1.82) is 10.5 Å². The van der Waals surface area contributed by atoms with Crippen LogP contribution in [0.25, 0.3) is 34.0 Å². The molecule has 0 radical (unpaired) electrons. The smallest absolute Gasteiger partial charge is 0.300 e. The van der Waals surface area contributed by atoms with Crippen LogP contribution in [-0.2, 0) is 0 Å². The SMILES string of the molecule is Clc1ccc(-c2cnc(Cl)o2)cc1.N#Cc1cnc(N)cn1.N#Cc1cnc(Nc2ncc(-c3ccc(Cl)cc3)o2)cn1.N/C(=N\O)c1cnc(Nc2ncc(-c3ccc(Cl)cc3)o2)cn1. The van der Waals surface area contributed by atoms with Crippen LogP contribution in [0.3, 0.4) is 0 Å². The summed E-state index contributed by atoms with van der Waals surface area (Å²) in [5, 5.41) is 36.2. The van der Waals surface area contributed by atoms with Crippen molar-refractivity contribution in [3.63, 3.8) is 0 Å². The number of hydrogen-bond donors (Lipinski definition) is 5. The zero-order valence-corrected chi connectivity index (χ0v) is 36.4. The molecule has 0 aliphatic heterocycles. The fourth-order valence-electron chi connectivity index (χ4n) is 4.80. The Hall–Kier alpha value is -8.66. The van der Waals surface area contributed by atoms with Gasteiger partial charge in [0.05, 0.1) is 55.8 Å². The lowest BCUT2D eigenvalue weighted by Gasteiger charge is -2.01. The first kappa shape index (κ1) is 46.8. The van der Waals surface area contributed by atoms with Crippen molar-refractivity contribution < 1.29 is 18.5 Å². The van der Waals surface area contributed by atoms with E-state index in [0.29, 0.717) is 55.8 Å². The Balaban J connectivity index is 0.000000154. The fourth-order valence-corrected chi connectivity index (χ4v) is 5.31. The largest absolute Gasteiger partial charge is 0.428 e. The van der Waals surface area contributed by atoms with E-state index in [-0.39, 0.29) is 34.3 Å². The minimum absolute atomic E-state index is 0.120. The van der Waals surface area contributed by atoms with E-state index >= 15 is 0 Å². The van der Waals surface area contributed by atoms with Gasteiger partial charge in [-0.05, 0) is 84.4 Å². The zero-order chi connectivity index (χ0) is 46.8. The first-order valence-electron chi connectivity index (χ1n) is 18.3. The molecule has 0 spiro atoms. The van der Waals surface area contributed by atoms with E-state index in [0.717, 1.165) is 16.7 Å². The van der Waals surface area contributed by atoms with Gasteiger partial charge in [0, 0.05) is 31.8 Å². The minimum Gasteiger partial charge on any atom is -0.428 e. The number of nitriles is 2. The summed E-state index contributed by atoms with van der Waals surface area (Å²) in [5.41, 5.74) is 14.0. The third-order valence-electron chi connectivity index (χ3n) is 7.92. The van der Waals surface area contributed by atoms with E-state index in [9.17, 15) is 0 Å². The predicted octanol–water partition coefficient (Wildman–Crippen LogP) is 9.60. The van der Waals surface area contributed by atoms with E-state index < -0.39 is 0 Å². The highest BCUT2D eigenvalue weighted by Crippen LogP contribution is 2.27. The average molecular weight is 963 g/mol. The van der Waals surface area contributed by atoms with Gasteiger partial charge in [0.2, 0.25) is 0 Å². The summed E-state index contributed by atoms with van der Waals surface area (Å²) in [7, 11) is 0.